The molecular formula is C25H29NO5. The van der Waals surface area contributed by atoms with Crippen molar-refractivity contribution in [2.45, 2.75) is 63.5 Å². The molecule has 3 heterocycles. The zero-order chi connectivity index (χ0) is 21.8. The second kappa shape index (κ2) is 7.53. The molecule has 2 saturated heterocycles. The Morgan fingerprint density at radius 3 is 2.81 bits per heavy atom. The second-order valence-corrected chi connectivity index (χ2v) is 9.48. The van der Waals surface area contributed by atoms with Crippen molar-refractivity contribution in [1.82, 2.24) is 4.90 Å². The van der Waals surface area contributed by atoms with E-state index in [0.717, 1.165) is 36.9 Å². The van der Waals surface area contributed by atoms with E-state index in [4.69, 9.17) is 9.47 Å². The monoisotopic (exact) mass is 423 g/mol. The van der Waals surface area contributed by atoms with Crippen molar-refractivity contribution in [3.8, 4) is 11.5 Å². The molecule has 2 aromatic carbocycles. The Balaban J connectivity index is 1.45. The van der Waals surface area contributed by atoms with Gasteiger partial charge in [0.15, 0.2) is 11.5 Å². The summed E-state index contributed by atoms with van der Waals surface area (Å²) >= 11 is 0. The number of carboxylic acids is 1. The van der Waals surface area contributed by atoms with Crippen molar-refractivity contribution in [3.05, 3.63) is 59.2 Å². The van der Waals surface area contributed by atoms with Gasteiger partial charge < -0.3 is 19.7 Å². The lowest BCUT2D eigenvalue weighted by molar-refractivity contribution is -0.190. The van der Waals surface area contributed by atoms with E-state index in [1.807, 2.05) is 24.3 Å². The van der Waals surface area contributed by atoms with Crippen LogP contribution >= 0.6 is 0 Å². The van der Waals surface area contributed by atoms with Crippen LogP contribution in [0.1, 0.15) is 60.7 Å². The minimum Gasteiger partial charge on any atom is -0.504 e. The maximum atomic E-state index is 11.7. The lowest BCUT2D eigenvalue weighted by atomic mass is 9.72. The number of carbonyl (C=O) groups is 1. The van der Waals surface area contributed by atoms with Crippen molar-refractivity contribution in [2.75, 3.05) is 6.54 Å². The van der Waals surface area contributed by atoms with Gasteiger partial charge in [0.2, 0.25) is 0 Å². The van der Waals surface area contributed by atoms with Crippen LogP contribution in [-0.2, 0) is 11.3 Å². The minimum atomic E-state index is -0.887. The molecule has 6 nitrogen and oxygen atoms in total. The number of phenols is 1. The number of phenolic OH excluding ortho intramolecular Hbond substituents is 1. The summed E-state index contributed by atoms with van der Waals surface area (Å²) in [6.45, 7) is 5.66. The first-order valence-corrected chi connectivity index (χ1v) is 11.1. The third kappa shape index (κ3) is 3.48. The zero-order valence-corrected chi connectivity index (χ0v) is 18.0. The Labute approximate surface area is 182 Å². The molecule has 0 saturated carbocycles. The van der Waals surface area contributed by atoms with Gasteiger partial charge in [0.05, 0.1) is 17.8 Å². The Morgan fingerprint density at radius 2 is 2.00 bits per heavy atom. The highest BCUT2D eigenvalue weighted by Gasteiger charge is 2.52. The Bertz CT molecular complexity index is 1000. The van der Waals surface area contributed by atoms with Gasteiger partial charge in [0, 0.05) is 24.1 Å². The topological polar surface area (TPSA) is 79.2 Å². The maximum Gasteiger partial charge on any atom is 0.336 e. The molecule has 0 unspecified atom stereocenters. The van der Waals surface area contributed by atoms with Gasteiger partial charge in [-0.15, -0.1) is 0 Å². The minimum absolute atomic E-state index is 0.0797. The van der Waals surface area contributed by atoms with Gasteiger partial charge in [0.25, 0.3) is 0 Å². The van der Waals surface area contributed by atoms with Crippen molar-refractivity contribution >= 4 is 5.97 Å². The summed E-state index contributed by atoms with van der Waals surface area (Å²) in [5.41, 5.74) is 1.65. The fraction of sp³-hybridized carbons (Fsp3) is 0.480. The normalized spacial score (nSPS) is 29.2. The average molecular weight is 424 g/mol. The van der Waals surface area contributed by atoms with E-state index >= 15 is 0 Å². The Hall–Kier alpha value is -2.57. The van der Waals surface area contributed by atoms with E-state index in [9.17, 15) is 15.0 Å². The van der Waals surface area contributed by atoms with E-state index in [-0.39, 0.29) is 29.9 Å². The van der Waals surface area contributed by atoms with Crippen molar-refractivity contribution in [3.63, 3.8) is 0 Å². The van der Waals surface area contributed by atoms with Gasteiger partial charge >= 0.3 is 5.97 Å². The summed E-state index contributed by atoms with van der Waals surface area (Å²) in [5.74, 6) is -0.0544. The van der Waals surface area contributed by atoms with Crippen LogP contribution in [0.3, 0.4) is 0 Å². The van der Waals surface area contributed by atoms with Crippen LogP contribution in [0, 0.1) is 5.92 Å². The van der Waals surface area contributed by atoms with Gasteiger partial charge in [0.1, 0.15) is 5.60 Å². The molecule has 2 N–H and O–H groups in total. The number of para-hydroxylation sites is 1. The van der Waals surface area contributed by atoms with Crippen LogP contribution in [-0.4, -0.2) is 45.4 Å². The highest BCUT2D eigenvalue weighted by atomic mass is 16.5. The predicted molar refractivity (Wildman–Crippen MR) is 115 cm³/mol. The van der Waals surface area contributed by atoms with Gasteiger partial charge in [-0.3, -0.25) is 4.90 Å². The third-order valence-electron chi connectivity index (χ3n) is 7.22. The molecule has 6 heteroatoms. The van der Waals surface area contributed by atoms with Crippen LogP contribution in [0.2, 0.25) is 0 Å². The summed E-state index contributed by atoms with van der Waals surface area (Å²) in [6.07, 6.45) is 2.88. The number of hydrogen-bond acceptors (Lipinski definition) is 5. The molecule has 0 aromatic heterocycles. The number of hydrogen-bond donors (Lipinski definition) is 2. The predicted octanol–water partition coefficient (Wildman–Crippen LogP) is 4.37. The first-order chi connectivity index (χ1) is 14.8. The van der Waals surface area contributed by atoms with Crippen LogP contribution in [0.15, 0.2) is 42.5 Å². The number of fused-ring (bicyclic) bond motifs is 4. The number of nitrogens with zero attached hydrogens (tertiary/aromatic N) is 1. The molecule has 3 aliphatic rings. The number of carboxylic acid groups (broad SMARTS) is 1. The number of aromatic hydroxyl groups is 1. The largest absolute Gasteiger partial charge is 0.504 e. The standard InChI is InChI=1S/C25H29NO5/c1-25(2)18-13-19-21(30-22(18)17-9-5-10-20(27)23(17)31-25)11-6-12-26(19)14-15-7-3-4-8-16(15)24(28)29/h3-5,7-10,18-19,21-22,27H,6,11-14H2,1-2H3,(H,28,29)/t18-,19-,21-,22+/m1/s1. The number of piperidine rings is 1. The summed E-state index contributed by atoms with van der Waals surface area (Å²) in [4.78, 5) is 14.1. The molecule has 31 heavy (non-hydrogen) atoms. The molecule has 0 amide bonds. The molecule has 164 valence electrons. The number of rotatable bonds is 3. The van der Waals surface area contributed by atoms with Gasteiger partial charge in [-0.05, 0) is 57.4 Å². The SMILES string of the molecule is CC1(C)Oc2c(O)cccc2[C@@H]2O[C@@H]3CCCN(Cc4ccccc4C(=O)O)[C@@H]3C[C@H]21. The number of ether oxygens (including phenoxy) is 2. The Kier molecular flexibility index (Phi) is 4.94. The summed E-state index contributed by atoms with van der Waals surface area (Å²) in [5, 5.41) is 19.9. The first-order valence-electron chi connectivity index (χ1n) is 11.1. The van der Waals surface area contributed by atoms with E-state index in [1.165, 1.54) is 0 Å². The highest BCUT2D eigenvalue weighted by molar-refractivity contribution is 5.89. The fourth-order valence-electron chi connectivity index (χ4n) is 5.65. The van der Waals surface area contributed by atoms with E-state index < -0.39 is 11.6 Å². The maximum absolute atomic E-state index is 11.7. The number of likely N-dealkylation sites (tertiary alicyclic amines) is 1. The summed E-state index contributed by atoms with van der Waals surface area (Å²) in [6, 6.07) is 13.0. The van der Waals surface area contributed by atoms with E-state index in [1.54, 1.807) is 18.2 Å². The van der Waals surface area contributed by atoms with Gasteiger partial charge in [-0.2, -0.15) is 0 Å². The molecule has 2 aromatic rings. The van der Waals surface area contributed by atoms with Crippen molar-refractivity contribution in [2.24, 2.45) is 5.92 Å². The molecule has 0 radical (unpaired) electrons. The fourth-order valence-corrected chi connectivity index (χ4v) is 5.65. The highest BCUT2D eigenvalue weighted by Crippen LogP contribution is 2.54. The van der Waals surface area contributed by atoms with E-state index in [0.29, 0.717) is 17.9 Å². The summed E-state index contributed by atoms with van der Waals surface area (Å²) < 4.78 is 13.0. The molecule has 4 atom stereocenters. The van der Waals surface area contributed by atoms with Crippen LogP contribution in [0.4, 0.5) is 0 Å². The molecule has 3 aliphatic heterocycles. The van der Waals surface area contributed by atoms with Crippen molar-refractivity contribution in [1.29, 1.82) is 0 Å². The molecule has 5 rings (SSSR count). The lowest BCUT2D eigenvalue weighted by Gasteiger charge is -2.54. The average Bonchev–Trinajstić information content (AvgIpc) is 2.74. The molecule has 0 spiro atoms. The van der Waals surface area contributed by atoms with Gasteiger partial charge in [-0.25, -0.2) is 4.79 Å². The first kappa shape index (κ1) is 20.3. The zero-order valence-electron chi connectivity index (χ0n) is 18.0. The molecule has 2 fully saturated rings. The summed E-state index contributed by atoms with van der Waals surface area (Å²) in [7, 11) is 0. The van der Waals surface area contributed by atoms with Gasteiger partial charge in [-0.1, -0.05) is 30.3 Å². The smallest absolute Gasteiger partial charge is 0.336 e. The number of aromatic carboxylic acids is 1. The lowest BCUT2D eigenvalue weighted by Crippen LogP contribution is -2.58. The van der Waals surface area contributed by atoms with E-state index in [2.05, 4.69) is 18.7 Å². The van der Waals surface area contributed by atoms with Crippen LogP contribution in [0.5, 0.6) is 11.5 Å². The van der Waals surface area contributed by atoms with Crippen molar-refractivity contribution < 1.29 is 24.5 Å². The Morgan fingerprint density at radius 1 is 1.19 bits per heavy atom. The van der Waals surface area contributed by atoms with Crippen LogP contribution in [0.25, 0.3) is 0 Å². The quantitative estimate of drug-likeness (QED) is 0.763. The number of benzene rings is 2. The van der Waals surface area contributed by atoms with Crippen LogP contribution < -0.4 is 4.74 Å². The molecule has 0 bridgehead atoms. The molecular weight excluding hydrogens is 394 g/mol. The molecule has 0 aliphatic carbocycles. The third-order valence-corrected chi connectivity index (χ3v) is 7.22. The second-order valence-electron chi connectivity index (χ2n) is 9.48.